The average molecular weight is 787 g/mol. The fourth-order valence-corrected chi connectivity index (χ4v) is 6.69. The number of phosphoric acid groups is 1. The van der Waals surface area contributed by atoms with Crippen molar-refractivity contribution in [1.82, 2.24) is 0 Å². The van der Waals surface area contributed by atoms with E-state index >= 15 is 0 Å². The van der Waals surface area contributed by atoms with Gasteiger partial charge >= 0.3 is 19.8 Å². The van der Waals surface area contributed by atoms with E-state index in [0.29, 0.717) is 17.4 Å². The highest BCUT2D eigenvalue weighted by atomic mass is 31.2. The summed E-state index contributed by atoms with van der Waals surface area (Å²) in [5.41, 5.74) is 0. The van der Waals surface area contributed by atoms with Crippen LogP contribution in [-0.2, 0) is 32.7 Å². The molecule has 10 heteroatoms. The van der Waals surface area contributed by atoms with Crippen molar-refractivity contribution in [1.29, 1.82) is 0 Å². The number of carbonyl (C=O) groups is 2. The fraction of sp³-hybridized carbons (Fsp3) is 0.864. The highest BCUT2D eigenvalue weighted by Crippen LogP contribution is 2.43. The molecule has 0 aliphatic carbocycles. The molecule has 0 aromatic carbocycles. The molecule has 318 valence electrons. The minimum absolute atomic E-state index is 0.0307. The highest BCUT2D eigenvalue weighted by molar-refractivity contribution is 7.47. The van der Waals surface area contributed by atoms with Crippen molar-refractivity contribution in [2.24, 2.45) is 0 Å². The SMILES string of the molecule is CCCCCCC/C=C\CCCCCCCCC(=O)OC[C@H](COP(=O)(O)OCC[N+](C)(C)C)OC(=O)CCCCCCCC/C=C\CCCCCCC. The molecule has 0 aliphatic rings. The van der Waals surface area contributed by atoms with Crippen LogP contribution in [0.3, 0.4) is 0 Å². The van der Waals surface area contributed by atoms with Crippen LogP contribution in [0, 0.1) is 0 Å². The maximum absolute atomic E-state index is 12.7. The van der Waals surface area contributed by atoms with Gasteiger partial charge in [-0.1, -0.05) is 141 Å². The molecule has 0 bridgehead atoms. The molecule has 0 spiro atoms. The second kappa shape index (κ2) is 37.1. The molecule has 1 unspecified atom stereocenters. The molecular formula is C44H85NO8P+. The van der Waals surface area contributed by atoms with Crippen LogP contribution in [0.4, 0.5) is 0 Å². The summed E-state index contributed by atoms with van der Waals surface area (Å²) in [5, 5.41) is 0. The molecule has 2 atom stereocenters. The van der Waals surface area contributed by atoms with Gasteiger partial charge in [0.25, 0.3) is 0 Å². The van der Waals surface area contributed by atoms with Crippen molar-refractivity contribution in [3.8, 4) is 0 Å². The second-order valence-corrected chi connectivity index (χ2v) is 17.5. The standard InChI is InChI=1S/C44H84NO8P/c1-6-8-10-12-14-16-18-20-22-24-26-28-30-32-34-36-43(46)50-40-42(41-52-54(48,49)51-39-38-45(3,4)5)53-44(47)37-35-33-31-29-27-25-23-21-19-17-15-13-11-9-7-2/h18-21,42H,6-17,22-41H2,1-5H3/p+1/b20-18-,21-19-/t42-/m1/s1. The lowest BCUT2D eigenvalue weighted by Crippen LogP contribution is -2.37. The Balaban J connectivity index is 4.37. The zero-order chi connectivity index (χ0) is 40.0. The zero-order valence-electron chi connectivity index (χ0n) is 35.7. The van der Waals surface area contributed by atoms with E-state index in [1.54, 1.807) is 0 Å². The summed E-state index contributed by atoms with van der Waals surface area (Å²) in [6.07, 6.45) is 39.3. The van der Waals surface area contributed by atoms with E-state index < -0.39 is 26.5 Å². The first-order valence-electron chi connectivity index (χ1n) is 22.1. The summed E-state index contributed by atoms with van der Waals surface area (Å²) >= 11 is 0. The van der Waals surface area contributed by atoms with Gasteiger partial charge in [-0.15, -0.1) is 0 Å². The number of allylic oxidation sites excluding steroid dienone is 4. The molecule has 0 amide bonds. The molecule has 0 aromatic rings. The Morgan fingerprint density at radius 3 is 1.37 bits per heavy atom. The first-order valence-corrected chi connectivity index (χ1v) is 23.6. The maximum atomic E-state index is 12.7. The molecule has 0 fully saturated rings. The zero-order valence-corrected chi connectivity index (χ0v) is 36.6. The Morgan fingerprint density at radius 2 is 0.944 bits per heavy atom. The molecule has 9 nitrogen and oxygen atoms in total. The Kier molecular flexibility index (Phi) is 36.1. The van der Waals surface area contributed by atoms with Crippen LogP contribution in [0.1, 0.15) is 194 Å². The number of nitrogens with zero attached hydrogens (tertiary/aromatic N) is 1. The summed E-state index contributed by atoms with van der Waals surface area (Å²) in [4.78, 5) is 35.3. The lowest BCUT2D eigenvalue weighted by molar-refractivity contribution is -0.870. The van der Waals surface area contributed by atoms with Gasteiger partial charge in [0, 0.05) is 12.8 Å². The Labute approximate surface area is 332 Å². The van der Waals surface area contributed by atoms with Crippen molar-refractivity contribution in [2.75, 3.05) is 47.5 Å². The highest BCUT2D eigenvalue weighted by Gasteiger charge is 2.27. The van der Waals surface area contributed by atoms with Crippen LogP contribution in [-0.4, -0.2) is 74.9 Å². The van der Waals surface area contributed by atoms with E-state index in [-0.39, 0.29) is 32.0 Å². The number of ether oxygens (including phenoxy) is 2. The molecule has 1 N–H and O–H groups in total. The minimum atomic E-state index is -4.37. The molecule has 54 heavy (non-hydrogen) atoms. The average Bonchev–Trinajstić information content (AvgIpc) is 3.12. The van der Waals surface area contributed by atoms with Crippen LogP contribution in [0.5, 0.6) is 0 Å². The predicted molar refractivity (Wildman–Crippen MR) is 224 cm³/mol. The minimum Gasteiger partial charge on any atom is -0.462 e. The number of unbranched alkanes of at least 4 members (excludes halogenated alkanes) is 22. The third-order valence-electron chi connectivity index (χ3n) is 9.45. The van der Waals surface area contributed by atoms with Gasteiger partial charge in [0.05, 0.1) is 27.7 Å². The van der Waals surface area contributed by atoms with E-state index in [2.05, 4.69) is 38.2 Å². The van der Waals surface area contributed by atoms with Gasteiger partial charge in [0.2, 0.25) is 0 Å². The monoisotopic (exact) mass is 787 g/mol. The largest absolute Gasteiger partial charge is 0.472 e. The van der Waals surface area contributed by atoms with Crippen molar-refractivity contribution >= 4 is 19.8 Å². The number of rotatable bonds is 40. The third-order valence-corrected chi connectivity index (χ3v) is 10.4. The van der Waals surface area contributed by atoms with Crippen LogP contribution in [0.15, 0.2) is 24.3 Å². The van der Waals surface area contributed by atoms with Crippen molar-refractivity contribution in [3.63, 3.8) is 0 Å². The number of carbonyl (C=O) groups excluding carboxylic acids is 2. The smallest absolute Gasteiger partial charge is 0.462 e. The number of quaternary nitrogens is 1. The Morgan fingerprint density at radius 1 is 0.556 bits per heavy atom. The summed E-state index contributed by atoms with van der Waals surface area (Å²) < 4.78 is 34.3. The summed E-state index contributed by atoms with van der Waals surface area (Å²) in [6, 6.07) is 0. The lowest BCUT2D eigenvalue weighted by Gasteiger charge is -2.24. The van der Waals surface area contributed by atoms with E-state index in [1.807, 2.05) is 21.1 Å². The second-order valence-electron chi connectivity index (χ2n) is 16.1. The third kappa shape index (κ3) is 40.2. The molecule has 0 aliphatic heterocycles. The summed E-state index contributed by atoms with van der Waals surface area (Å²) in [6.45, 7) is 4.40. The quantitative estimate of drug-likeness (QED) is 0.0215. The first-order chi connectivity index (χ1) is 26.0. The topological polar surface area (TPSA) is 108 Å². The number of hydrogen-bond acceptors (Lipinski definition) is 7. The molecule has 0 heterocycles. The van der Waals surface area contributed by atoms with Gasteiger partial charge in [0.1, 0.15) is 19.8 Å². The van der Waals surface area contributed by atoms with Crippen LogP contribution >= 0.6 is 7.82 Å². The van der Waals surface area contributed by atoms with E-state index in [4.69, 9.17) is 18.5 Å². The maximum Gasteiger partial charge on any atom is 0.472 e. The Hall–Kier alpha value is -1.51. The predicted octanol–water partition coefficient (Wildman–Crippen LogP) is 12.4. The lowest BCUT2D eigenvalue weighted by atomic mass is 10.1. The van der Waals surface area contributed by atoms with Crippen LogP contribution in [0.25, 0.3) is 0 Å². The molecule has 0 rings (SSSR count). The molecule has 0 saturated carbocycles. The van der Waals surface area contributed by atoms with Crippen LogP contribution < -0.4 is 0 Å². The number of hydrogen-bond donors (Lipinski definition) is 1. The van der Waals surface area contributed by atoms with Crippen molar-refractivity contribution < 1.29 is 42.1 Å². The van der Waals surface area contributed by atoms with Gasteiger partial charge in [-0.2, -0.15) is 0 Å². The number of phosphoric ester groups is 1. The van der Waals surface area contributed by atoms with Gasteiger partial charge < -0.3 is 18.9 Å². The van der Waals surface area contributed by atoms with E-state index in [9.17, 15) is 19.0 Å². The fourth-order valence-electron chi connectivity index (χ4n) is 5.94. The van der Waals surface area contributed by atoms with Crippen molar-refractivity contribution in [3.05, 3.63) is 24.3 Å². The van der Waals surface area contributed by atoms with Gasteiger partial charge in [-0.25, -0.2) is 4.57 Å². The molecule has 0 aromatic heterocycles. The van der Waals surface area contributed by atoms with E-state index in [0.717, 1.165) is 57.8 Å². The normalized spacial score (nSPS) is 13.8. The van der Waals surface area contributed by atoms with Gasteiger partial charge in [-0.05, 0) is 64.2 Å². The van der Waals surface area contributed by atoms with E-state index in [1.165, 1.54) is 103 Å². The summed E-state index contributed by atoms with van der Waals surface area (Å²) in [5.74, 6) is -0.809. The first kappa shape index (κ1) is 52.5. The molecule has 0 saturated heterocycles. The molecule has 0 radical (unpaired) electrons. The summed E-state index contributed by atoms with van der Waals surface area (Å²) in [7, 11) is 1.47. The number of likely N-dealkylation sites (N-methyl/N-ethyl adjacent to an activating group) is 1. The molecular weight excluding hydrogens is 701 g/mol. The van der Waals surface area contributed by atoms with Crippen molar-refractivity contribution in [2.45, 2.75) is 200 Å². The number of esters is 2. The van der Waals surface area contributed by atoms with Crippen LogP contribution in [0.2, 0.25) is 0 Å². The Bertz CT molecular complexity index is 980. The van der Waals surface area contributed by atoms with Gasteiger partial charge in [0.15, 0.2) is 6.10 Å². The van der Waals surface area contributed by atoms with Gasteiger partial charge in [-0.3, -0.25) is 18.6 Å².